The molecule has 0 saturated carbocycles. The highest BCUT2D eigenvalue weighted by Crippen LogP contribution is 2.05. The lowest BCUT2D eigenvalue weighted by molar-refractivity contribution is -0.132. The number of rotatable bonds is 6. The van der Waals surface area contributed by atoms with Crippen LogP contribution in [0.15, 0.2) is 43.0 Å². The van der Waals surface area contributed by atoms with Gasteiger partial charge >= 0.3 is 0 Å². The van der Waals surface area contributed by atoms with E-state index < -0.39 is 0 Å². The van der Waals surface area contributed by atoms with E-state index >= 15 is 0 Å². The molecular formula is C13H17N5O. The van der Waals surface area contributed by atoms with Crippen LogP contribution in [0.4, 0.5) is 0 Å². The van der Waals surface area contributed by atoms with Crippen LogP contribution in [-0.2, 0) is 17.9 Å². The van der Waals surface area contributed by atoms with Crippen molar-refractivity contribution in [2.75, 3.05) is 13.1 Å². The fourth-order valence-electron chi connectivity index (χ4n) is 1.80. The third-order valence-electron chi connectivity index (χ3n) is 2.73. The summed E-state index contributed by atoms with van der Waals surface area (Å²) < 4.78 is 1.51. The standard InChI is InChI=1S/C13H17N5O/c14-6-7-17(8-12-4-2-1-3-5-12)13(19)9-18-11-15-10-16-18/h1-5,10-11H,6-9,14H2. The largest absolute Gasteiger partial charge is 0.335 e. The van der Waals surface area contributed by atoms with Crippen molar-refractivity contribution < 1.29 is 4.79 Å². The first-order valence-electron chi connectivity index (χ1n) is 6.14. The van der Waals surface area contributed by atoms with Gasteiger partial charge in [0.2, 0.25) is 5.91 Å². The molecule has 0 aliphatic rings. The summed E-state index contributed by atoms with van der Waals surface area (Å²) in [6, 6.07) is 9.85. The van der Waals surface area contributed by atoms with E-state index in [0.717, 1.165) is 5.56 Å². The Hall–Kier alpha value is -2.21. The van der Waals surface area contributed by atoms with E-state index in [1.807, 2.05) is 30.3 Å². The van der Waals surface area contributed by atoms with Crippen LogP contribution in [0.25, 0.3) is 0 Å². The van der Waals surface area contributed by atoms with Crippen molar-refractivity contribution >= 4 is 5.91 Å². The van der Waals surface area contributed by atoms with Crippen molar-refractivity contribution in [3.8, 4) is 0 Å². The Kier molecular flexibility index (Phi) is 4.63. The molecule has 1 aromatic heterocycles. The number of benzene rings is 1. The van der Waals surface area contributed by atoms with Gasteiger partial charge in [0.25, 0.3) is 0 Å². The molecule has 6 heteroatoms. The quantitative estimate of drug-likeness (QED) is 0.807. The molecule has 0 spiro atoms. The molecule has 0 aliphatic heterocycles. The number of hydrogen-bond donors (Lipinski definition) is 1. The van der Waals surface area contributed by atoms with Crippen molar-refractivity contribution in [3.63, 3.8) is 0 Å². The Bertz CT molecular complexity index is 497. The molecule has 0 radical (unpaired) electrons. The summed E-state index contributed by atoms with van der Waals surface area (Å²) in [5.74, 6) is -0.0141. The molecule has 1 amide bonds. The van der Waals surface area contributed by atoms with Crippen LogP contribution < -0.4 is 5.73 Å². The lowest BCUT2D eigenvalue weighted by atomic mass is 10.2. The molecule has 0 aliphatic carbocycles. The van der Waals surface area contributed by atoms with Gasteiger partial charge in [-0.25, -0.2) is 9.67 Å². The van der Waals surface area contributed by atoms with E-state index in [9.17, 15) is 4.79 Å². The Morgan fingerprint density at radius 3 is 2.74 bits per heavy atom. The maximum absolute atomic E-state index is 12.2. The lowest BCUT2D eigenvalue weighted by Crippen LogP contribution is -2.37. The van der Waals surface area contributed by atoms with E-state index in [1.54, 1.807) is 4.90 Å². The number of carbonyl (C=O) groups excluding carboxylic acids is 1. The molecule has 0 saturated heterocycles. The topological polar surface area (TPSA) is 77.0 Å². The van der Waals surface area contributed by atoms with Gasteiger partial charge in [-0.15, -0.1) is 0 Å². The molecule has 2 aromatic rings. The minimum Gasteiger partial charge on any atom is -0.335 e. The zero-order valence-corrected chi connectivity index (χ0v) is 10.6. The minimum atomic E-state index is -0.0141. The summed E-state index contributed by atoms with van der Waals surface area (Å²) in [6.07, 6.45) is 2.94. The van der Waals surface area contributed by atoms with E-state index in [2.05, 4.69) is 10.1 Å². The van der Waals surface area contributed by atoms with Gasteiger partial charge in [-0.05, 0) is 5.56 Å². The zero-order chi connectivity index (χ0) is 13.5. The highest BCUT2D eigenvalue weighted by molar-refractivity contribution is 5.75. The molecule has 0 atom stereocenters. The minimum absolute atomic E-state index is 0.0141. The second-order valence-electron chi connectivity index (χ2n) is 4.18. The molecule has 100 valence electrons. The average molecular weight is 259 g/mol. The predicted octanol–water partition coefficient (Wildman–Crippen LogP) is 0.266. The molecule has 0 fully saturated rings. The Balaban J connectivity index is 2.00. The van der Waals surface area contributed by atoms with E-state index in [4.69, 9.17) is 5.73 Å². The first kappa shape index (κ1) is 13.2. The van der Waals surface area contributed by atoms with Crippen molar-refractivity contribution in [2.24, 2.45) is 5.73 Å². The molecule has 0 unspecified atom stereocenters. The Morgan fingerprint density at radius 1 is 1.32 bits per heavy atom. The van der Waals surface area contributed by atoms with Crippen LogP contribution in [0.5, 0.6) is 0 Å². The maximum Gasteiger partial charge on any atom is 0.244 e. The van der Waals surface area contributed by atoms with Gasteiger partial charge in [-0.3, -0.25) is 4.79 Å². The molecule has 19 heavy (non-hydrogen) atoms. The van der Waals surface area contributed by atoms with Crippen LogP contribution in [0.3, 0.4) is 0 Å². The van der Waals surface area contributed by atoms with Gasteiger partial charge in [-0.2, -0.15) is 5.10 Å². The van der Waals surface area contributed by atoms with Crippen LogP contribution in [0, 0.1) is 0 Å². The summed E-state index contributed by atoms with van der Waals surface area (Å²) in [7, 11) is 0. The monoisotopic (exact) mass is 259 g/mol. The van der Waals surface area contributed by atoms with Gasteiger partial charge in [0.15, 0.2) is 0 Å². The molecule has 2 rings (SSSR count). The first-order chi connectivity index (χ1) is 9.29. The van der Waals surface area contributed by atoms with Gasteiger partial charge in [-0.1, -0.05) is 30.3 Å². The average Bonchev–Trinajstić information content (AvgIpc) is 2.92. The molecule has 1 aromatic carbocycles. The van der Waals surface area contributed by atoms with Crippen LogP contribution in [0.1, 0.15) is 5.56 Å². The molecule has 6 nitrogen and oxygen atoms in total. The van der Waals surface area contributed by atoms with Crippen LogP contribution in [0.2, 0.25) is 0 Å². The number of hydrogen-bond acceptors (Lipinski definition) is 4. The predicted molar refractivity (Wildman–Crippen MR) is 70.9 cm³/mol. The van der Waals surface area contributed by atoms with Gasteiger partial charge in [0.1, 0.15) is 19.2 Å². The third-order valence-corrected chi connectivity index (χ3v) is 2.73. The molecule has 2 N–H and O–H groups in total. The van der Waals surface area contributed by atoms with E-state index in [0.29, 0.717) is 19.6 Å². The van der Waals surface area contributed by atoms with Crippen LogP contribution >= 0.6 is 0 Å². The summed E-state index contributed by atoms with van der Waals surface area (Å²) in [5, 5.41) is 3.93. The first-order valence-corrected chi connectivity index (χ1v) is 6.14. The summed E-state index contributed by atoms with van der Waals surface area (Å²) in [6.45, 7) is 1.72. The fourth-order valence-corrected chi connectivity index (χ4v) is 1.80. The SMILES string of the molecule is NCCN(Cc1ccccc1)C(=O)Cn1cncn1. The Labute approximate surface area is 111 Å². The molecule has 0 bridgehead atoms. The second kappa shape index (κ2) is 6.65. The van der Waals surface area contributed by atoms with E-state index in [-0.39, 0.29) is 12.5 Å². The number of amides is 1. The van der Waals surface area contributed by atoms with Crippen LogP contribution in [-0.4, -0.2) is 38.7 Å². The molecule has 1 heterocycles. The van der Waals surface area contributed by atoms with Gasteiger partial charge in [0.05, 0.1) is 0 Å². The van der Waals surface area contributed by atoms with E-state index in [1.165, 1.54) is 17.3 Å². The van der Waals surface area contributed by atoms with Gasteiger partial charge < -0.3 is 10.6 Å². The van der Waals surface area contributed by atoms with Crippen molar-refractivity contribution in [3.05, 3.63) is 48.5 Å². The zero-order valence-electron chi connectivity index (χ0n) is 10.6. The second-order valence-corrected chi connectivity index (χ2v) is 4.18. The Morgan fingerprint density at radius 2 is 2.11 bits per heavy atom. The highest BCUT2D eigenvalue weighted by atomic mass is 16.2. The lowest BCUT2D eigenvalue weighted by Gasteiger charge is -2.22. The number of carbonyl (C=O) groups is 1. The summed E-state index contributed by atoms with van der Waals surface area (Å²) in [5.41, 5.74) is 6.65. The normalized spacial score (nSPS) is 10.4. The number of nitrogens with zero attached hydrogens (tertiary/aromatic N) is 4. The van der Waals surface area contributed by atoms with Gasteiger partial charge in [0, 0.05) is 19.6 Å². The van der Waals surface area contributed by atoms with Crippen molar-refractivity contribution in [1.82, 2.24) is 19.7 Å². The number of aromatic nitrogens is 3. The fraction of sp³-hybridized carbons (Fsp3) is 0.308. The van der Waals surface area contributed by atoms with Crippen molar-refractivity contribution in [1.29, 1.82) is 0 Å². The summed E-state index contributed by atoms with van der Waals surface area (Å²) >= 11 is 0. The molecular weight excluding hydrogens is 242 g/mol. The number of nitrogens with two attached hydrogens (primary N) is 1. The van der Waals surface area contributed by atoms with Crippen molar-refractivity contribution in [2.45, 2.75) is 13.1 Å². The third kappa shape index (κ3) is 3.89. The smallest absolute Gasteiger partial charge is 0.244 e. The summed E-state index contributed by atoms with van der Waals surface area (Å²) in [4.78, 5) is 17.7. The highest BCUT2D eigenvalue weighted by Gasteiger charge is 2.14. The maximum atomic E-state index is 12.2.